The lowest BCUT2D eigenvalue weighted by atomic mass is 10.0. The van der Waals surface area contributed by atoms with Crippen molar-refractivity contribution in [2.75, 3.05) is 7.11 Å². The molecule has 1 unspecified atom stereocenters. The van der Waals surface area contributed by atoms with E-state index in [-0.39, 0.29) is 4.83 Å². The van der Waals surface area contributed by atoms with Gasteiger partial charge in [-0.2, -0.15) is 0 Å². The van der Waals surface area contributed by atoms with Crippen LogP contribution in [0.1, 0.15) is 16.0 Å². The summed E-state index contributed by atoms with van der Waals surface area (Å²) in [6, 6.07) is 14.3. The van der Waals surface area contributed by atoms with Gasteiger partial charge in [-0.1, -0.05) is 66.0 Å². The van der Waals surface area contributed by atoms with Crippen LogP contribution in [0.4, 0.5) is 0 Å². The molecule has 0 amide bonds. The predicted molar refractivity (Wildman–Crippen MR) is 85.6 cm³/mol. The number of ether oxygens (including phenoxy) is 1. The molecule has 0 spiro atoms. The van der Waals surface area contributed by atoms with Crippen molar-refractivity contribution >= 4 is 47.8 Å². The fourth-order valence-electron chi connectivity index (χ4n) is 1.71. The van der Waals surface area contributed by atoms with Crippen LogP contribution in [0.3, 0.4) is 0 Å². The third-order valence-electron chi connectivity index (χ3n) is 2.63. The minimum Gasteiger partial charge on any atom is -0.496 e. The molecule has 0 heterocycles. The van der Waals surface area contributed by atoms with E-state index in [1.807, 2.05) is 24.3 Å². The van der Waals surface area contributed by atoms with Crippen LogP contribution in [-0.2, 0) is 0 Å². The summed E-state index contributed by atoms with van der Waals surface area (Å²) in [4.78, 5) is 0.119. The van der Waals surface area contributed by atoms with Crippen LogP contribution in [0.15, 0.2) is 51.4 Å². The molecule has 94 valence electrons. The fraction of sp³-hybridized carbons (Fsp3) is 0.143. The van der Waals surface area contributed by atoms with Gasteiger partial charge in [0.05, 0.1) is 11.9 Å². The van der Waals surface area contributed by atoms with Gasteiger partial charge >= 0.3 is 0 Å². The summed E-state index contributed by atoms with van der Waals surface area (Å²) in [5, 5.41) is 0. The summed E-state index contributed by atoms with van der Waals surface area (Å²) in [6.07, 6.45) is 0. The highest BCUT2D eigenvalue weighted by atomic mass is 79.9. The number of rotatable bonds is 3. The van der Waals surface area contributed by atoms with Gasteiger partial charge in [0.25, 0.3) is 0 Å². The van der Waals surface area contributed by atoms with Crippen LogP contribution in [0, 0.1) is 0 Å². The van der Waals surface area contributed by atoms with E-state index in [1.165, 1.54) is 5.56 Å². The fourth-order valence-corrected chi connectivity index (χ4v) is 2.99. The van der Waals surface area contributed by atoms with Gasteiger partial charge in [0, 0.05) is 14.5 Å². The molecule has 0 aliphatic rings. The number of benzene rings is 2. The molecule has 0 aliphatic carbocycles. The van der Waals surface area contributed by atoms with Crippen molar-refractivity contribution in [3.63, 3.8) is 0 Å². The maximum Gasteiger partial charge on any atom is 0.124 e. The van der Waals surface area contributed by atoms with Gasteiger partial charge < -0.3 is 4.74 Å². The predicted octanol–water partition coefficient (Wildman–Crippen LogP) is 5.70. The molecular weight excluding hydrogens is 424 g/mol. The van der Waals surface area contributed by atoms with Crippen molar-refractivity contribution in [2.24, 2.45) is 0 Å². The van der Waals surface area contributed by atoms with Crippen LogP contribution in [0.5, 0.6) is 5.75 Å². The highest BCUT2D eigenvalue weighted by Crippen LogP contribution is 2.38. The first kappa shape index (κ1) is 14.1. The second kappa shape index (κ2) is 6.22. The number of methoxy groups -OCH3 is 1. The lowest BCUT2D eigenvalue weighted by molar-refractivity contribution is 0.410. The Morgan fingerprint density at radius 2 is 1.56 bits per heavy atom. The summed E-state index contributed by atoms with van der Waals surface area (Å²) in [6.45, 7) is 0. The van der Waals surface area contributed by atoms with E-state index < -0.39 is 0 Å². The molecule has 18 heavy (non-hydrogen) atoms. The molecule has 0 saturated carbocycles. The molecule has 0 aliphatic heterocycles. The van der Waals surface area contributed by atoms with Crippen LogP contribution >= 0.6 is 47.8 Å². The molecule has 2 aromatic carbocycles. The third kappa shape index (κ3) is 3.16. The smallest absolute Gasteiger partial charge is 0.124 e. The normalized spacial score (nSPS) is 12.2. The molecule has 0 N–H and O–H groups in total. The molecule has 0 fully saturated rings. The largest absolute Gasteiger partial charge is 0.496 e. The average molecular weight is 435 g/mol. The van der Waals surface area contributed by atoms with Crippen molar-refractivity contribution in [2.45, 2.75) is 4.83 Å². The maximum absolute atomic E-state index is 5.42. The van der Waals surface area contributed by atoms with Crippen molar-refractivity contribution in [1.82, 2.24) is 0 Å². The minimum atomic E-state index is 0.119. The second-order valence-electron chi connectivity index (χ2n) is 3.80. The summed E-state index contributed by atoms with van der Waals surface area (Å²) in [7, 11) is 1.69. The van der Waals surface area contributed by atoms with E-state index in [2.05, 4.69) is 66.0 Å². The monoisotopic (exact) mass is 432 g/mol. The molecule has 1 nitrogen and oxygen atoms in total. The van der Waals surface area contributed by atoms with E-state index in [4.69, 9.17) is 4.74 Å². The summed E-state index contributed by atoms with van der Waals surface area (Å²) >= 11 is 10.6. The van der Waals surface area contributed by atoms with E-state index >= 15 is 0 Å². The number of alkyl halides is 1. The Morgan fingerprint density at radius 1 is 0.944 bits per heavy atom. The molecule has 0 saturated heterocycles. The lowest BCUT2D eigenvalue weighted by Gasteiger charge is -2.15. The van der Waals surface area contributed by atoms with Gasteiger partial charge in [0.15, 0.2) is 0 Å². The first-order chi connectivity index (χ1) is 8.61. The van der Waals surface area contributed by atoms with Crippen LogP contribution < -0.4 is 4.74 Å². The first-order valence-corrected chi connectivity index (χ1v) is 7.85. The summed E-state index contributed by atoms with van der Waals surface area (Å²) in [5.74, 6) is 0.870. The second-order valence-corrected chi connectivity index (χ2v) is 6.55. The van der Waals surface area contributed by atoms with Crippen LogP contribution in [0.2, 0.25) is 0 Å². The first-order valence-electron chi connectivity index (χ1n) is 5.35. The van der Waals surface area contributed by atoms with Gasteiger partial charge in [-0.3, -0.25) is 0 Å². The molecule has 4 heteroatoms. The maximum atomic E-state index is 5.42. The topological polar surface area (TPSA) is 9.23 Å². The zero-order chi connectivity index (χ0) is 13.1. The number of halogens is 3. The molecule has 1 atom stereocenters. The highest BCUT2D eigenvalue weighted by molar-refractivity contribution is 9.10. The molecule has 2 rings (SSSR count). The van der Waals surface area contributed by atoms with E-state index in [0.29, 0.717) is 0 Å². The van der Waals surface area contributed by atoms with E-state index in [1.54, 1.807) is 7.11 Å². The Morgan fingerprint density at radius 3 is 2.17 bits per heavy atom. The van der Waals surface area contributed by atoms with Crippen LogP contribution in [-0.4, -0.2) is 7.11 Å². The van der Waals surface area contributed by atoms with Gasteiger partial charge in [-0.05, 0) is 29.8 Å². The Bertz CT molecular complexity index is 537. The van der Waals surface area contributed by atoms with Gasteiger partial charge in [0.2, 0.25) is 0 Å². The SMILES string of the molecule is COc1cc(Br)ccc1C(Br)c1ccc(Br)cc1. The Labute approximate surface area is 132 Å². The van der Waals surface area contributed by atoms with E-state index in [0.717, 1.165) is 20.3 Å². The zero-order valence-corrected chi connectivity index (χ0v) is 14.4. The van der Waals surface area contributed by atoms with Crippen molar-refractivity contribution in [3.8, 4) is 5.75 Å². The highest BCUT2D eigenvalue weighted by Gasteiger charge is 2.15. The Balaban J connectivity index is 2.39. The molecule has 0 aromatic heterocycles. The Hall–Kier alpha value is -0.320. The van der Waals surface area contributed by atoms with Crippen LogP contribution in [0.25, 0.3) is 0 Å². The molecule has 0 bridgehead atoms. The van der Waals surface area contributed by atoms with E-state index in [9.17, 15) is 0 Å². The molecule has 2 aromatic rings. The van der Waals surface area contributed by atoms with Crippen molar-refractivity contribution in [1.29, 1.82) is 0 Å². The van der Waals surface area contributed by atoms with Crippen molar-refractivity contribution < 1.29 is 4.74 Å². The summed E-state index contributed by atoms with van der Waals surface area (Å²) in [5.41, 5.74) is 2.31. The molecule has 0 radical (unpaired) electrons. The lowest BCUT2D eigenvalue weighted by Crippen LogP contribution is -1.97. The van der Waals surface area contributed by atoms with Gasteiger partial charge in [-0.15, -0.1) is 0 Å². The minimum absolute atomic E-state index is 0.119. The van der Waals surface area contributed by atoms with Gasteiger partial charge in [-0.25, -0.2) is 0 Å². The Kier molecular flexibility index (Phi) is 4.87. The standard InChI is InChI=1S/C14H11Br3O/c1-18-13-8-11(16)6-7-12(13)14(17)9-2-4-10(15)5-3-9/h2-8,14H,1H3. The van der Waals surface area contributed by atoms with Gasteiger partial charge in [0.1, 0.15) is 5.75 Å². The third-order valence-corrected chi connectivity index (χ3v) is 4.68. The average Bonchev–Trinajstić information content (AvgIpc) is 2.38. The number of hydrogen-bond donors (Lipinski definition) is 0. The zero-order valence-electron chi connectivity index (χ0n) is 9.66. The number of hydrogen-bond acceptors (Lipinski definition) is 1. The van der Waals surface area contributed by atoms with Crippen molar-refractivity contribution in [3.05, 3.63) is 62.5 Å². The molecular formula is C14H11Br3O. The quantitative estimate of drug-likeness (QED) is 0.562. The summed E-state index contributed by atoms with van der Waals surface area (Å²) < 4.78 is 7.51.